The average Bonchev–Trinajstić information content (AvgIpc) is 1.55. The minimum Gasteiger partial charge on any atom is 0 e. The molecule has 3 heterocycles. The number of hydrogen-bond donors (Lipinski definition) is 1. The van der Waals surface area contributed by atoms with E-state index in [1.54, 1.807) is 0 Å². The molecule has 0 aliphatic heterocycles. The van der Waals surface area contributed by atoms with Gasteiger partial charge in [0.2, 0.25) is 0 Å². The van der Waals surface area contributed by atoms with E-state index < -0.39 is 0 Å². The van der Waals surface area contributed by atoms with Gasteiger partial charge in [-0.1, -0.05) is 336 Å². The summed E-state index contributed by atoms with van der Waals surface area (Å²) in [6.45, 7) is 53.5. The number of nitrogens with zero attached hydrogens (tertiary/aromatic N) is 10. The molecule has 18 rings (SSSR count). The number of thiol groups is 1. The zero-order chi connectivity index (χ0) is 101. The minimum atomic E-state index is 0. The van der Waals surface area contributed by atoms with E-state index in [2.05, 4.69) is 512 Å². The summed E-state index contributed by atoms with van der Waals surface area (Å²) in [6, 6.07) is 122. The number of benzene rings is 15. The van der Waals surface area contributed by atoms with Crippen LogP contribution in [-0.4, -0.2) is 51.9 Å². The smallest absolute Gasteiger partial charge is 0 e. The Balaban J connectivity index is 0.000000198. The maximum Gasteiger partial charge on any atom is 0 e. The first kappa shape index (κ1) is 111. The van der Waals surface area contributed by atoms with Gasteiger partial charge in [0.1, 0.15) is 0 Å². The average molecular weight is 2510 g/mol. The fourth-order valence-corrected chi connectivity index (χ4v) is 19.1. The summed E-state index contributed by atoms with van der Waals surface area (Å²) in [7, 11) is 4.34. The first-order valence-electron chi connectivity index (χ1n) is 49.3. The Morgan fingerprint density at radius 2 is 0.521 bits per heavy atom. The number of halogens is 1. The summed E-state index contributed by atoms with van der Waals surface area (Å²) in [5.74, 6) is 6.18. The Kier molecular flexibility index (Phi) is 37.5. The fourth-order valence-electron chi connectivity index (χ4n) is 18.7. The van der Waals surface area contributed by atoms with Gasteiger partial charge in [-0.2, -0.15) is 15.3 Å². The van der Waals surface area contributed by atoms with E-state index in [9.17, 15) is 0 Å². The second-order valence-corrected chi connectivity index (χ2v) is 42.6. The molecule has 10 nitrogen and oxygen atoms in total. The molecule has 0 saturated carbocycles. The molecule has 4 radical (unpaired) electrons. The van der Waals surface area contributed by atoms with E-state index in [0.29, 0.717) is 29.5 Å². The van der Waals surface area contributed by atoms with Crippen molar-refractivity contribution >= 4 is 36.4 Å². The normalized spacial score (nSPS) is 11.4. The van der Waals surface area contributed by atoms with E-state index in [1.165, 1.54) is 134 Å². The molecule has 0 aliphatic carbocycles. The van der Waals surface area contributed by atoms with Crippen LogP contribution in [0.2, 0.25) is 0 Å². The third-order valence-corrected chi connectivity index (χ3v) is 26.4. The molecule has 144 heavy (non-hydrogen) atoms. The van der Waals surface area contributed by atoms with Crippen molar-refractivity contribution in [1.29, 1.82) is 0 Å². The van der Waals surface area contributed by atoms with Crippen LogP contribution in [0, 0.1) is 59.7 Å². The number of aromatic nitrogens is 9. The second-order valence-electron chi connectivity index (χ2n) is 41.4. The molecule has 0 atom stereocenters. The van der Waals surface area contributed by atoms with Gasteiger partial charge >= 0.3 is 24.8 Å². The predicted octanol–water partition coefficient (Wildman–Crippen LogP) is 35.3. The molecule has 16 heteroatoms. The molecule has 3 aromatic heterocycles. The Morgan fingerprint density at radius 1 is 0.271 bits per heavy atom. The van der Waals surface area contributed by atoms with E-state index in [-0.39, 0.29) is 83.0 Å². The third-order valence-electron chi connectivity index (χ3n) is 25.9. The summed E-state index contributed by atoms with van der Waals surface area (Å²) in [5.41, 5.74) is 40.9. The summed E-state index contributed by atoms with van der Waals surface area (Å²) < 4.78 is 9.93. The second kappa shape index (κ2) is 48.6. The van der Waals surface area contributed by atoms with Crippen LogP contribution < -0.4 is 0 Å². The fraction of sp³-hybridized carbons (Fsp3) is 0.250. The van der Waals surface area contributed by atoms with Gasteiger partial charge in [0.15, 0.2) is 17.5 Å². The van der Waals surface area contributed by atoms with Crippen LogP contribution in [0.1, 0.15) is 238 Å². The topological polar surface area (TPSA) is 104 Å². The Morgan fingerprint density at radius 3 is 0.792 bits per heavy atom. The van der Waals surface area contributed by atoms with Gasteiger partial charge in [0.05, 0.1) is 34.5 Å². The molecule has 0 saturated heterocycles. The zero-order valence-corrected chi connectivity index (χ0v) is 96.9. The molecule has 0 bridgehead atoms. The SMILES string of the molecule is Cc1cc(C)cc(-c2nc(-c3[c-]ccc(-c4cc(-c5ccc(C(C)(C)C)cc5)cc(-c5ccc(C(C)(C)C)cc5)c4)c3)n(-c3c(C(C)C)cc(-c4ccccc4)cc3C(C)C)n2)c1.Cc1cc(C)cc(-c2nc(-c3[c-]ccc(Br)c3)n(-c3c(C(C)C)cc(-c4ccccc4)cc3C(C)C)n2)c1.Cc1cc(C)cc(-c2nc(-c3[c-]cccc3)n(-c3c(C(C)C)cc(-c4ccccc4)cc3C(C)C)n2)c1.[B]=NS.[Ir].[Ir].[Ir]. The van der Waals surface area contributed by atoms with Crippen LogP contribution in [0.4, 0.5) is 0 Å². The van der Waals surface area contributed by atoms with Crippen molar-refractivity contribution in [2.45, 2.75) is 213 Å². The molecular weight excluding hydrogens is 2380 g/mol. The van der Waals surface area contributed by atoms with E-state index in [1.807, 2.05) is 36.4 Å². The molecule has 15 aromatic carbocycles. The predicted molar refractivity (Wildman–Crippen MR) is 601 cm³/mol. The maximum absolute atomic E-state index is 5.44. The Labute approximate surface area is 911 Å². The van der Waals surface area contributed by atoms with Gasteiger partial charge in [-0.05, 0) is 285 Å². The van der Waals surface area contributed by atoms with Gasteiger partial charge in [0.25, 0.3) is 0 Å². The van der Waals surface area contributed by atoms with Crippen molar-refractivity contribution < 1.29 is 60.3 Å². The largest absolute Gasteiger partial charge is 0 e. The number of hydrogen-bond acceptors (Lipinski definition) is 8. The van der Waals surface area contributed by atoms with Gasteiger partial charge < -0.3 is 0 Å². The van der Waals surface area contributed by atoms with Crippen LogP contribution in [-0.2, 0) is 71.1 Å². The molecular formula is C128H130BBrIr3N10S-3. The van der Waals surface area contributed by atoms with Crippen molar-refractivity contribution in [3.8, 4) is 152 Å². The molecule has 0 amide bonds. The summed E-state index contributed by atoms with van der Waals surface area (Å²) >= 11 is 6.84. The van der Waals surface area contributed by atoms with Crippen molar-refractivity contribution in [1.82, 2.24) is 44.3 Å². The number of rotatable bonds is 21. The van der Waals surface area contributed by atoms with Gasteiger partial charge in [0, 0.05) is 77.0 Å². The monoisotopic (exact) mass is 2510 g/mol. The van der Waals surface area contributed by atoms with Crippen LogP contribution in [0.5, 0.6) is 0 Å². The summed E-state index contributed by atoms with van der Waals surface area (Å²) in [4.78, 5) is 15.7. The number of aryl methyl sites for hydroxylation is 6. The van der Waals surface area contributed by atoms with Crippen molar-refractivity contribution in [2.75, 3.05) is 0 Å². The maximum atomic E-state index is 5.44. The van der Waals surface area contributed by atoms with Crippen LogP contribution in [0.3, 0.4) is 0 Å². The van der Waals surface area contributed by atoms with Crippen LogP contribution in [0.25, 0.3) is 152 Å². The Bertz CT molecular complexity index is 7250. The molecule has 738 valence electrons. The zero-order valence-electron chi connectivity index (χ0n) is 87.3. The third kappa shape index (κ3) is 26.2. The Hall–Kier alpha value is -11.6. The van der Waals surface area contributed by atoms with Gasteiger partial charge in [-0.3, -0.25) is 29.0 Å². The molecule has 0 unspecified atom stereocenters. The standard InChI is InChI=1S/C60H62N3.C34H33BrN3.C34H34N3.BHNS.3Ir/c1-38(2)54-36-50(42-17-14-13-15-18-42)37-55(39(3)4)56(54)63-58(61-57(62-63)51-30-40(5)29-41(6)31-51)46-20-16-19-45(32-46)49-34-47(43-21-25-52(26-22-43)59(7,8)9)33-48(35-49)44-23-27-53(28-24-44)60(10,11)12;1-21(2)30-19-27(25-11-8-7-9-12-25)20-31(22(3)4)32(30)38-34(26-13-10-14-29(35)18-26)36-33(37-38)28-16-23(5)15-24(6)17-28;1-22(2)30-20-28(26-13-9-7-10-14-26)21-31(23(3)4)32(30)37-34(27-15-11-8-12-16-27)35-33(36-37)29-18-24(5)17-25(6)19-29;1-2-3;;;/h13-19,21-39H,1-12H3;7-12,14-22H,1-6H3;7-15,17-23H,1-6H3;3H;;;/q3*-1;;;;. The minimum absolute atomic E-state index is 0. The summed E-state index contributed by atoms with van der Waals surface area (Å²) in [6.07, 6.45) is 0. The molecule has 0 spiro atoms. The van der Waals surface area contributed by atoms with E-state index >= 15 is 0 Å². The van der Waals surface area contributed by atoms with Crippen LogP contribution in [0.15, 0.2) is 318 Å². The van der Waals surface area contributed by atoms with Gasteiger partial charge in [-0.25, -0.2) is 0 Å². The van der Waals surface area contributed by atoms with Crippen molar-refractivity contribution in [3.63, 3.8) is 0 Å². The van der Waals surface area contributed by atoms with E-state index in [0.717, 1.165) is 95.2 Å². The first-order valence-corrected chi connectivity index (χ1v) is 50.5. The molecule has 0 aliphatic rings. The van der Waals surface area contributed by atoms with Crippen molar-refractivity contribution in [3.05, 3.63) is 410 Å². The van der Waals surface area contributed by atoms with Crippen molar-refractivity contribution in [2.24, 2.45) is 4.30 Å². The summed E-state index contributed by atoms with van der Waals surface area (Å²) in [5, 5.41) is 15.8. The molecule has 0 N–H and O–H groups in total. The van der Waals surface area contributed by atoms with E-state index in [4.69, 9.17) is 30.2 Å². The van der Waals surface area contributed by atoms with Crippen LogP contribution >= 0.6 is 28.7 Å². The molecule has 18 aromatic rings. The molecule has 0 fully saturated rings. The first-order chi connectivity index (χ1) is 67.4. The quantitative estimate of drug-likeness (QED) is 0.0437. The van der Waals surface area contributed by atoms with Gasteiger partial charge in [-0.15, -0.1) is 101 Å².